The Kier molecular flexibility index (Phi) is 4.27. The fraction of sp³-hybridized carbons (Fsp3) is 0.389. The summed E-state index contributed by atoms with van der Waals surface area (Å²) in [5.74, 6) is 1.88. The maximum absolute atomic E-state index is 6.25. The summed E-state index contributed by atoms with van der Waals surface area (Å²) in [4.78, 5) is 9.07. The number of rotatable bonds is 6. The van der Waals surface area contributed by atoms with Crippen LogP contribution in [0, 0.1) is 0 Å². The molecular weight excluding hydrogens is 336 g/mol. The molecule has 1 aromatic carbocycles. The first-order chi connectivity index (χ1) is 12.2. The van der Waals surface area contributed by atoms with Gasteiger partial charge in [0.25, 0.3) is 5.89 Å². The topological polar surface area (TPSA) is 87.1 Å². The van der Waals surface area contributed by atoms with Crippen molar-refractivity contribution in [3.05, 3.63) is 35.5 Å². The molecule has 1 aliphatic carbocycles. The van der Waals surface area contributed by atoms with Crippen LogP contribution < -0.4 is 10.5 Å². The molecule has 2 N–H and O–H groups in total. The van der Waals surface area contributed by atoms with Gasteiger partial charge in [-0.3, -0.25) is 0 Å². The van der Waals surface area contributed by atoms with Crippen molar-refractivity contribution in [3.63, 3.8) is 0 Å². The van der Waals surface area contributed by atoms with Gasteiger partial charge in [-0.15, -0.1) is 11.3 Å². The average Bonchev–Trinajstić information content (AvgIpc) is 3.27. The van der Waals surface area contributed by atoms with Gasteiger partial charge in [0.15, 0.2) is 5.82 Å². The summed E-state index contributed by atoms with van der Waals surface area (Å²) in [6.07, 6.45) is 3.91. The summed E-state index contributed by atoms with van der Waals surface area (Å²) in [7, 11) is 0. The third-order valence-corrected chi connectivity index (χ3v) is 5.31. The van der Waals surface area contributed by atoms with E-state index in [4.69, 9.17) is 15.0 Å². The third-order valence-electron chi connectivity index (χ3n) is 4.41. The molecule has 2 aromatic heterocycles. The van der Waals surface area contributed by atoms with Crippen molar-refractivity contribution in [1.82, 2.24) is 15.1 Å². The van der Waals surface area contributed by atoms with Crippen molar-refractivity contribution in [2.24, 2.45) is 5.73 Å². The van der Waals surface area contributed by atoms with Gasteiger partial charge in [-0.05, 0) is 49.9 Å². The van der Waals surface area contributed by atoms with Crippen LogP contribution in [0.25, 0.3) is 22.2 Å². The summed E-state index contributed by atoms with van der Waals surface area (Å²) in [5.41, 5.74) is 7.55. The lowest BCUT2D eigenvalue weighted by Crippen LogP contribution is -2.44. The van der Waals surface area contributed by atoms with Crippen LogP contribution in [0.4, 0.5) is 0 Å². The maximum atomic E-state index is 6.25. The Morgan fingerprint density at radius 1 is 1.24 bits per heavy atom. The van der Waals surface area contributed by atoms with E-state index in [-0.39, 0.29) is 0 Å². The molecule has 0 unspecified atom stereocenters. The highest BCUT2D eigenvalue weighted by Gasteiger charge is 2.39. The van der Waals surface area contributed by atoms with Crippen molar-refractivity contribution in [2.75, 3.05) is 6.61 Å². The van der Waals surface area contributed by atoms with Gasteiger partial charge in [-0.1, -0.05) is 12.1 Å². The Morgan fingerprint density at radius 2 is 2.04 bits per heavy atom. The van der Waals surface area contributed by atoms with Crippen molar-refractivity contribution in [1.29, 1.82) is 0 Å². The number of thiazole rings is 1. The molecule has 0 amide bonds. The van der Waals surface area contributed by atoms with Gasteiger partial charge in [0.05, 0.1) is 12.1 Å². The van der Waals surface area contributed by atoms with Gasteiger partial charge >= 0.3 is 0 Å². The molecular formula is C18H20N4O2S. The molecule has 130 valence electrons. The smallest absolute Gasteiger partial charge is 0.277 e. The summed E-state index contributed by atoms with van der Waals surface area (Å²) in [6.45, 7) is 2.81. The fourth-order valence-electron chi connectivity index (χ4n) is 2.73. The predicted octanol–water partition coefficient (Wildman–Crippen LogP) is 3.99. The van der Waals surface area contributed by atoms with Crippen LogP contribution in [0.5, 0.6) is 5.75 Å². The highest BCUT2D eigenvalue weighted by atomic mass is 32.1. The highest BCUT2D eigenvalue weighted by Crippen LogP contribution is 2.38. The van der Waals surface area contributed by atoms with E-state index in [1.54, 1.807) is 11.3 Å². The number of aromatic nitrogens is 3. The standard InChI is InChI=1S/C18H20N4O2S/c1-2-10-23-13-6-4-12(5-7-13)16-20-14(11-25-16)15-21-17(22-24-15)18(19)8-3-9-18/h4-7,11H,2-3,8-10,19H2,1H3. The first-order valence-electron chi connectivity index (χ1n) is 8.50. The number of ether oxygens (including phenoxy) is 1. The molecule has 0 spiro atoms. The average molecular weight is 356 g/mol. The first-order valence-corrected chi connectivity index (χ1v) is 9.38. The predicted molar refractivity (Wildman–Crippen MR) is 96.3 cm³/mol. The Hall–Kier alpha value is -2.25. The Bertz CT molecular complexity index is 852. The van der Waals surface area contributed by atoms with Crippen molar-refractivity contribution >= 4 is 11.3 Å². The molecule has 1 aliphatic rings. The van der Waals surface area contributed by atoms with Gasteiger partial charge in [-0.2, -0.15) is 4.98 Å². The normalized spacial score (nSPS) is 15.8. The van der Waals surface area contributed by atoms with Crippen LogP contribution in [-0.2, 0) is 5.54 Å². The van der Waals surface area contributed by atoms with Gasteiger partial charge in [-0.25, -0.2) is 4.98 Å². The Balaban J connectivity index is 1.52. The number of hydrogen-bond donors (Lipinski definition) is 1. The second-order valence-corrected chi connectivity index (χ2v) is 7.20. The molecule has 7 heteroatoms. The van der Waals surface area contributed by atoms with E-state index in [0.29, 0.717) is 17.4 Å². The zero-order valence-electron chi connectivity index (χ0n) is 14.1. The second-order valence-electron chi connectivity index (χ2n) is 6.34. The SMILES string of the molecule is CCCOc1ccc(-c2nc(-c3nc(C4(N)CCC4)no3)cs2)cc1. The molecule has 4 rings (SSSR count). The molecule has 0 atom stereocenters. The number of hydrogen-bond acceptors (Lipinski definition) is 7. The first kappa shape index (κ1) is 16.2. The van der Waals surface area contributed by atoms with Crippen molar-refractivity contribution < 1.29 is 9.26 Å². The summed E-state index contributed by atoms with van der Waals surface area (Å²) in [6, 6.07) is 7.95. The number of benzene rings is 1. The van der Waals surface area contributed by atoms with E-state index in [0.717, 1.165) is 48.6 Å². The zero-order valence-corrected chi connectivity index (χ0v) is 14.9. The van der Waals surface area contributed by atoms with Crippen LogP contribution in [0.1, 0.15) is 38.4 Å². The number of nitrogens with zero attached hydrogens (tertiary/aromatic N) is 3. The fourth-order valence-corrected chi connectivity index (χ4v) is 3.53. The Labute approximate surface area is 150 Å². The minimum atomic E-state index is -0.422. The van der Waals surface area contributed by atoms with Crippen LogP contribution in [0.15, 0.2) is 34.2 Å². The minimum Gasteiger partial charge on any atom is -0.494 e. The molecule has 1 fully saturated rings. The molecule has 2 heterocycles. The van der Waals surface area contributed by atoms with Crippen LogP contribution >= 0.6 is 11.3 Å². The van der Waals surface area contributed by atoms with E-state index >= 15 is 0 Å². The molecule has 0 bridgehead atoms. The quantitative estimate of drug-likeness (QED) is 0.718. The Morgan fingerprint density at radius 3 is 2.72 bits per heavy atom. The lowest BCUT2D eigenvalue weighted by Gasteiger charge is -2.34. The van der Waals surface area contributed by atoms with Gasteiger partial charge < -0.3 is 15.0 Å². The van der Waals surface area contributed by atoms with E-state index < -0.39 is 5.54 Å². The highest BCUT2D eigenvalue weighted by molar-refractivity contribution is 7.13. The molecule has 1 saturated carbocycles. The largest absolute Gasteiger partial charge is 0.494 e. The van der Waals surface area contributed by atoms with E-state index in [1.165, 1.54) is 0 Å². The third kappa shape index (κ3) is 3.17. The summed E-state index contributed by atoms with van der Waals surface area (Å²) >= 11 is 1.55. The van der Waals surface area contributed by atoms with E-state index in [1.807, 2.05) is 29.6 Å². The maximum Gasteiger partial charge on any atom is 0.277 e. The molecule has 6 nitrogen and oxygen atoms in total. The van der Waals surface area contributed by atoms with Crippen molar-refractivity contribution in [2.45, 2.75) is 38.1 Å². The zero-order chi connectivity index (χ0) is 17.3. The van der Waals surface area contributed by atoms with Crippen LogP contribution in [0.3, 0.4) is 0 Å². The summed E-state index contributed by atoms with van der Waals surface area (Å²) in [5, 5.41) is 6.88. The molecule has 0 aliphatic heterocycles. The lowest BCUT2D eigenvalue weighted by atomic mass is 9.77. The molecule has 25 heavy (non-hydrogen) atoms. The molecule has 0 saturated heterocycles. The minimum absolute atomic E-state index is 0.422. The monoisotopic (exact) mass is 356 g/mol. The van der Waals surface area contributed by atoms with Crippen molar-refractivity contribution in [3.8, 4) is 27.9 Å². The van der Waals surface area contributed by atoms with Gasteiger partial charge in [0, 0.05) is 10.9 Å². The molecule has 0 radical (unpaired) electrons. The van der Waals surface area contributed by atoms with Crippen LogP contribution in [0.2, 0.25) is 0 Å². The number of nitrogens with two attached hydrogens (primary N) is 1. The lowest BCUT2D eigenvalue weighted by molar-refractivity contribution is 0.229. The van der Waals surface area contributed by atoms with E-state index in [2.05, 4.69) is 22.0 Å². The summed E-state index contributed by atoms with van der Waals surface area (Å²) < 4.78 is 11.0. The second kappa shape index (κ2) is 6.57. The van der Waals surface area contributed by atoms with Gasteiger partial charge in [0.1, 0.15) is 16.5 Å². The van der Waals surface area contributed by atoms with E-state index in [9.17, 15) is 0 Å². The van der Waals surface area contributed by atoms with Crippen LogP contribution in [-0.4, -0.2) is 21.7 Å². The molecule has 3 aromatic rings. The van der Waals surface area contributed by atoms with Gasteiger partial charge in [0.2, 0.25) is 0 Å².